The van der Waals surface area contributed by atoms with Gasteiger partial charge in [-0.15, -0.1) is 0 Å². The molecule has 0 aliphatic rings. The number of nitrogens with two attached hydrogens (primary N) is 1. The van der Waals surface area contributed by atoms with Crippen LogP contribution in [-0.4, -0.2) is 4.98 Å². The van der Waals surface area contributed by atoms with Gasteiger partial charge >= 0.3 is 6.18 Å². The molecule has 2 N–H and O–H groups in total. The van der Waals surface area contributed by atoms with E-state index >= 15 is 0 Å². The van der Waals surface area contributed by atoms with E-state index in [4.69, 9.17) is 5.73 Å². The predicted octanol–water partition coefficient (Wildman–Crippen LogP) is 2.75. The third-order valence-corrected chi connectivity index (χ3v) is 2.29. The third-order valence-electron chi connectivity index (χ3n) is 1.49. The van der Waals surface area contributed by atoms with Gasteiger partial charge in [-0.05, 0) is 28.9 Å². The van der Waals surface area contributed by atoms with Gasteiger partial charge in [0.05, 0.1) is 11.3 Å². The monoisotopic (exact) mass is 254 g/mol. The average molecular weight is 255 g/mol. The van der Waals surface area contributed by atoms with E-state index in [-0.39, 0.29) is 0 Å². The fourth-order valence-corrected chi connectivity index (χ4v) is 1.14. The molecule has 1 aromatic heterocycles. The summed E-state index contributed by atoms with van der Waals surface area (Å²) in [6.07, 6.45) is -4.45. The van der Waals surface area contributed by atoms with Crippen molar-refractivity contribution in [3.63, 3.8) is 0 Å². The SMILES string of the molecule is Cc1nc(N)c(C(F)(F)F)cc1Br. The first-order valence-electron chi connectivity index (χ1n) is 3.32. The molecule has 0 unspecified atom stereocenters. The molecule has 13 heavy (non-hydrogen) atoms. The maximum atomic E-state index is 12.2. The lowest BCUT2D eigenvalue weighted by atomic mass is 10.2. The van der Waals surface area contributed by atoms with E-state index in [1.165, 1.54) is 0 Å². The van der Waals surface area contributed by atoms with Gasteiger partial charge in [0.2, 0.25) is 0 Å². The zero-order chi connectivity index (χ0) is 10.2. The van der Waals surface area contributed by atoms with Crippen LogP contribution >= 0.6 is 15.9 Å². The summed E-state index contributed by atoms with van der Waals surface area (Å²) in [4.78, 5) is 3.55. The maximum absolute atomic E-state index is 12.2. The van der Waals surface area contributed by atoms with Gasteiger partial charge in [-0.25, -0.2) is 4.98 Å². The first-order chi connectivity index (χ1) is 5.82. The smallest absolute Gasteiger partial charge is 0.383 e. The van der Waals surface area contributed by atoms with Crippen LogP contribution in [0.3, 0.4) is 0 Å². The number of alkyl halides is 3. The van der Waals surface area contributed by atoms with Gasteiger partial charge in [-0.2, -0.15) is 13.2 Å². The molecule has 72 valence electrons. The highest BCUT2D eigenvalue weighted by Crippen LogP contribution is 2.34. The van der Waals surface area contributed by atoms with Crippen LogP contribution in [0.25, 0.3) is 0 Å². The number of hydrogen-bond acceptors (Lipinski definition) is 2. The second kappa shape index (κ2) is 3.17. The van der Waals surface area contributed by atoms with Gasteiger partial charge in [0.15, 0.2) is 0 Å². The summed E-state index contributed by atoms with van der Waals surface area (Å²) in [6, 6.07) is 0.928. The fourth-order valence-electron chi connectivity index (χ4n) is 0.826. The molecule has 1 heterocycles. The number of nitrogen functional groups attached to an aromatic ring is 1. The lowest BCUT2D eigenvalue weighted by molar-refractivity contribution is -0.137. The summed E-state index contributed by atoms with van der Waals surface area (Å²) in [6.45, 7) is 1.57. The van der Waals surface area contributed by atoms with Gasteiger partial charge in [0, 0.05) is 4.47 Å². The molecular weight excluding hydrogens is 249 g/mol. The summed E-state index contributed by atoms with van der Waals surface area (Å²) in [5.74, 6) is -0.492. The van der Waals surface area contributed by atoms with Crippen molar-refractivity contribution < 1.29 is 13.2 Å². The Labute approximate surface area is 81.1 Å². The summed E-state index contributed by atoms with van der Waals surface area (Å²) in [7, 11) is 0. The normalized spacial score (nSPS) is 11.8. The number of nitrogens with zero attached hydrogens (tertiary/aromatic N) is 1. The standard InChI is InChI=1S/C7H6BrF3N2/c1-3-5(8)2-4(6(12)13-3)7(9,10)11/h2H,1H3,(H2,12,13). The number of rotatable bonds is 0. The van der Waals surface area contributed by atoms with Crippen molar-refractivity contribution in [1.29, 1.82) is 0 Å². The maximum Gasteiger partial charge on any atom is 0.419 e. The lowest BCUT2D eigenvalue weighted by Gasteiger charge is -2.10. The molecule has 0 atom stereocenters. The van der Waals surface area contributed by atoms with Crippen molar-refractivity contribution in [3.05, 3.63) is 21.8 Å². The molecule has 1 rings (SSSR count). The van der Waals surface area contributed by atoms with E-state index in [2.05, 4.69) is 20.9 Å². The van der Waals surface area contributed by atoms with Crippen LogP contribution in [0.15, 0.2) is 10.5 Å². The molecule has 2 nitrogen and oxygen atoms in total. The highest BCUT2D eigenvalue weighted by molar-refractivity contribution is 9.10. The number of aryl methyl sites for hydroxylation is 1. The van der Waals surface area contributed by atoms with E-state index in [1.807, 2.05) is 0 Å². The molecule has 0 saturated carbocycles. The van der Waals surface area contributed by atoms with Crippen molar-refractivity contribution >= 4 is 21.7 Å². The summed E-state index contributed by atoms with van der Waals surface area (Å²) in [5, 5.41) is 0. The van der Waals surface area contributed by atoms with Gasteiger partial charge in [0.1, 0.15) is 5.82 Å². The number of anilines is 1. The lowest BCUT2D eigenvalue weighted by Crippen LogP contribution is -2.11. The van der Waals surface area contributed by atoms with Gasteiger partial charge in [-0.3, -0.25) is 0 Å². The number of pyridine rings is 1. The van der Waals surface area contributed by atoms with Crippen LogP contribution in [0.5, 0.6) is 0 Å². The molecule has 0 bridgehead atoms. The second-order valence-corrected chi connectivity index (χ2v) is 3.34. The van der Waals surface area contributed by atoms with Crippen molar-refractivity contribution in [2.24, 2.45) is 0 Å². The van der Waals surface area contributed by atoms with Crippen LogP contribution in [0, 0.1) is 6.92 Å². The average Bonchev–Trinajstić information content (AvgIpc) is 1.94. The fraction of sp³-hybridized carbons (Fsp3) is 0.286. The van der Waals surface area contributed by atoms with E-state index in [1.54, 1.807) is 6.92 Å². The van der Waals surface area contributed by atoms with E-state index in [0.29, 0.717) is 10.2 Å². The minimum absolute atomic E-state index is 0.300. The highest BCUT2D eigenvalue weighted by atomic mass is 79.9. The van der Waals surface area contributed by atoms with E-state index < -0.39 is 17.6 Å². The molecule has 0 fully saturated rings. The first-order valence-corrected chi connectivity index (χ1v) is 4.11. The largest absolute Gasteiger partial charge is 0.419 e. The minimum Gasteiger partial charge on any atom is -0.383 e. The van der Waals surface area contributed by atoms with Gasteiger partial charge in [-0.1, -0.05) is 0 Å². The Morgan fingerprint density at radius 3 is 2.46 bits per heavy atom. The van der Waals surface area contributed by atoms with Crippen molar-refractivity contribution in [2.45, 2.75) is 13.1 Å². The molecule has 0 spiro atoms. The Hall–Kier alpha value is -0.780. The Morgan fingerprint density at radius 2 is 2.00 bits per heavy atom. The number of aromatic nitrogens is 1. The van der Waals surface area contributed by atoms with Gasteiger partial charge < -0.3 is 5.73 Å². The molecule has 6 heteroatoms. The molecule has 1 aromatic rings. The van der Waals surface area contributed by atoms with Crippen LogP contribution < -0.4 is 5.73 Å². The van der Waals surface area contributed by atoms with Gasteiger partial charge in [0.25, 0.3) is 0 Å². The van der Waals surface area contributed by atoms with Crippen LogP contribution in [-0.2, 0) is 6.18 Å². The van der Waals surface area contributed by atoms with Crippen molar-refractivity contribution in [3.8, 4) is 0 Å². The summed E-state index contributed by atoms with van der Waals surface area (Å²) >= 11 is 2.95. The Balaban J connectivity index is 3.32. The first kappa shape index (κ1) is 10.3. The summed E-state index contributed by atoms with van der Waals surface area (Å²) < 4.78 is 37.0. The number of halogens is 4. The van der Waals surface area contributed by atoms with E-state index in [9.17, 15) is 13.2 Å². The molecule has 0 aliphatic heterocycles. The Bertz CT molecular complexity index is 335. The Kier molecular flexibility index (Phi) is 2.51. The highest BCUT2D eigenvalue weighted by Gasteiger charge is 2.34. The van der Waals surface area contributed by atoms with Crippen LogP contribution in [0.2, 0.25) is 0 Å². The van der Waals surface area contributed by atoms with Crippen LogP contribution in [0.4, 0.5) is 19.0 Å². The molecule has 0 radical (unpaired) electrons. The second-order valence-electron chi connectivity index (χ2n) is 2.49. The zero-order valence-electron chi connectivity index (χ0n) is 6.61. The Morgan fingerprint density at radius 1 is 1.46 bits per heavy atom. The molecule has 0 aromatic carbocycles. The summed E-state index contributed by atoms with van der Waals surface area (Å²) in [5.41, 5.74) is 4.65. The third kappa shape index (κ3) is 2.12. The molecule has 0 amide bonds. The predicted molar refractivity (Wildman–Crippen MR) is 46.1 cm³/mol. The minimum atomic E-state index is -4.45. The topological polar surface area (TPSA) is 38.9 Å². The van der Waals surface area contributed by atoms with E-state index in [0.717, 1.165) is 6.07 Å². The van der Waals surface area contributed by atoms with Crippen molar-refractivity contribution in [1.82, 2.24) is 4.98 Å². The van der Waals surface area contributed by atoms with Crippen LogP contribution in [0.1, 0.15) is 11.3 Å². The molecule has 0 saturated heterocycles. The van der Waals surface area contributed by atoms with Crippen molar-refractivity contribution in [2.75, 3.05) is 5.73 Å². The molecule has 0 aliphatic carbocycles. The molecular formula is C7H6BrF3N2. The zero-order valence-corrected chi connectivity index (χ0v) is 8.20. The number of hydrogen-bond donors (Lipinski definition) is 1. The quantitative estimate of drug-likeness (QED) is 0.774.